The van der Waals surface area contributed by atoms with Gasteiger partial charge in [0, 0.05) is 24.3 Å². The predicted octanol–water partition coefficient (Wildman–Crippen LogP) is 4.06. The lowest BCUT2D eigenvalue weighted by molar-refractivity contribution is 0.529. The molecule has 1 aromatic heterocycles. The highest BCUT2D eigenvalue weighted by molar-refractivity contribution is 6.17. The largest absolute Gasteiger partial charge is 0.356 e. The molecule has 3 heteroatoms. The van der Waals surface area contributed by atoms with Crippen molar-refractivity contribution in [3.63, 3.8) is 0 Å². The maximum absolute atomic E-state index is 6.10. The molecule has 1 aliphatic heterocycles. The second-order valence-electron chi connectivity index (χ2n) is 5.41. The van der Waals surface area contributed by atoms with Gasteiger partial charge in [-0.05, 0) is 44.2 Å². The van der Waals surface area contributed by atoms with Gasteiger partial charge in [-0.3, -0.25) is 0 Å². The van der Waals surface area contributed by atoms with Gasteiger partial charge in [-0.2, -0.15) is 0 Å². The first kappa shape index (κ1) is 13.7. The van der Waals surface area contributed by atoms with Crippen LogP contribution < -0.4 is 4.90 Å². The van der Waals surface area contributed by atoms with Gasteiger partial charge in [-0.1, -0.05) is 13.3 Å². The molecule has 1 aliphatic rings. The fraction of sp³-hybridized carbons (Fsp3) is 0.667. The molecule has 100 valence electrons. The normalized spacial score (nSPS) is 19.6. The van der Waals surface area contributed by atoms with E-state index < -0.39 is 0 Å². The zero-order chi connectivity index (χ0) is 13.1. The van der Waals surface area contributed by atoms with Crippen molar-refractivity contribution in [2.45, 2.75) is 45.9 Å². The minimum atomic E-state index is 0.559. The number of alkyl halides is 1. The minimum Gasteiger partial charge on any atom is -0.356 e. The summed E-state index contributed by atoms with van der Waals surface area (Å²) >= 11 is 6.10. The Morgan fingerprint density at radius 2 is 2.22 bits per heavy atom. The first-order chi connectivity index (χ1) is 8.65. The van der Waals surface area contributed by atoms with E-state index in [0.29, 0.717) is 5.88 Å². The molecule has 0 bridgehead atoms. The van der Waals surface area contributed by atoms with Gasteiger partial charge in [0.05, 0.1) is 5.88 Å². The maximum atomic E-state index is 6.10. The molecule has 1 atom stereocenters. The Labute approximate surface area is 115 Å². The van der Waals surface area contributed by atoms with Gasteiger partial charge in [0.1, 0.15) is 5.82 Å². The van der Waals surface area contributed by atoms with E-state index in [2.05, 4.69) is 31.7 Å². The molecule has 1 unspecified atom stereocenters. The van der Waals surface area contributed by atoms with Crippen molar-refractivity contribution in [1.29, 1.82) is 0 Å². The van der Waals surface area contributed by atoms with Gasteiger partial charge in [0.25, 0.3) is 0 Å². The van der Waals surface area contributed by atoms with Gasteiger partial charge in [0.15, 0.2) is 0 Å². The molecular weight excluding hydrogens is 244 g/mol. The first-order valence-corrected chi connectivity index (χ1v) is 7.47. The van der Waals surface area contributed by atoms with Crippen LogP contribution in [0.5, 0.6) is 0 Å². The fourth-order valence-corrected chi connectivity index (χ4v) is 3.27. The zero-order valence-corrected chi connectivity index (χ0v) is 12.4. The summed E-state index contributed by atoms with van der Waals surface area (Å²) in [4.78, 5) is 7.15. The number of anilines is 1. The van der Waals surface area contributed by atoms with Gasteiger partial charge in [0.2, 0.25) is 0 Å². The van der Waals surface area contributed by atoms with E-state index in [1.165, 1.54) is 30.4 Å². The highest BCUT2D eigenvalue weighted by Gasteiger charge is 2.25. The van der Waals surface area contributed by atoms with Crippen LogP contribution in [0.4, 0.5) is 5.82 Å². The fourth-order valence-electron chi connectivity index (χ4n) is 2.94. The van der Waals surface area contributed by atoms with E-state index in [-0.39, 0.29) is 0 Å². The van der Waals surface area contributed by atoms with Crippen LogP contribution in [0.1, 0.15) is 43.0 Å². The summed E-state index contributed by atoms with van der Waals surface area (Å²) in [6, 6.07) is 2.13. The lowest BCUT2D eigenvalue weighted by atomic mass is 10.0. The molecule has 0 spiro atoms. The van der Waals surface area contributed by atoms with Crippen molar-refractivity contribution in [3.05, 3.63) is 22.9 Å². The average molecular weight is 267 g/mol. The summed E-state index contributed by atoms with van der Waals surface area (Å²) in [5.41, 5.74) is 3.57. The van der Waals surface area contributed by atoms with Crippen molar-refractivity contribution in [2.75, 3.05) is 18.0 Å². The lowest BCUT2D eigenvalue weighted by Crippen LogP contribution is -2.23. The highest BCUT2D eigenvalue weighted by Crippen LogP contribution is 2.30. The standard InChI is InChI=1S/C15H23ClN2/c1-4-5-13-6-7-18(10-13)15-14(9-16)11(2)8-12(3)17-15/h8,13H,4-7,9-10H2,1-3H3. The number of nitrogens with zero attached hydrogens (tertiary/aromatic N) is 2. The molecular formula is C15H23ClN2. The number of aromatic nitrogens is 1. The summed E-state index contributed by atoms with van der Waals surface area (Å²) in [7, 11) is 0. The van der Waals surface area contributed by atoms with Crippen molar-refractivity contribution >= 4 is 17.4 Å². The number of rotatable bonds is 4. The van der Waals surface area contributed by atoms with Gasteiger partial charge in [-0.15, -0.1) is 11.6 Å². The van der Waals surface area contributed by atoms with Crippen LogP contribution >= 0.6 is 11.6 Å². The third kappa shape index (κ3) is 2.80. The summed E-state index contributed by atoms with van der Waals surface area (Å²) in [5, 5.41) is 0. The Balaban J connectivity index is 2.23. The van der Waals surface area contributed by atoms with Crippen molar-refractivity contribution < 1.29 is 0 Å². The van der Waals surface area contributed by atoms with Crippen LogP contribution in [-0.4, -0.2) is 18.1 Å². The second kappa shape index (κ2) is 5.92. The summed E-state index contributed by atoms with van der Waals surface area (Å²) in [5.74, 6) is 2.52. The van der Waals surface area contributed by atoms with Crippen LogP contribution in [0.3, 0.4) is 0 Å². The molecule has 1 aromatic rings. The third-order valence-electron chi connectivity index (χ3n) is 3.87. The van der Waals surface area contributed by atoms with E-state index >= 15 is 0 Å². The quantitative estimate of drug-likeness (QED) is 0.764. The Morgan fingerprint density at radius 3 is 2.89 bits per heavy atom. The molecule has 0 saturated carbocycles. The smallest absolute Gasteiger partial charge is 0.133 e. The maximum Gasteiger partial charge on any atom is 0.133 e. The van der Waals surface area contributed by atoms with E-state index in [9.17, 15) is 0 Å². The first-order valence-electron chi connectivity index (χ1n) is 6.93. The van der Waals surface area contributed by atoms with E-state index in [4.69, 9.17) is 16.6 Å². The average Bonchev–Trinajstić information content (AvgIpc) is 2.77. The lowest BCUT2D eigenvalue weighted by Gasteiger charge is -2.22. The molecule has 2 nitrogen and oxygen atoms in total. The van der Waals surface area contributed by atoms with Crippen LogP contribution in [0.2, 0.25) is 0 Å². The number of aryl methyl sites for hydroxylation is 2. The number of hydrogen-bond donors (Lipinski definition) is 0. The Hall–Kier alpha value is -0.760. The van der Waals surface area contributed by atoms with Crippen LogP contribution in [0.15, 0.2) is 6.07 Å². The predicted molar refractivity (Wildman–Crippen MR) is 78.5 cm³/mol. The van der Waals surface area contributed by atoms with Gasteiger partial charge < -0.3 is 4.90 Å². The van der Waals surface area contributed by atoms with Crippen LogP contribution in [0.25, 0.3) is 0 Å². The van der Waals surface area contributed by atoms with Crippen molar-refractivity contribution in [3.8, 4) is 0 Å². The number of hydrogen-bond acceptors (Lipinski definition) is 2. The number of pyridine rings is 1. The molecule has 0 amide bonds. The zero-order valence-electron chi connectivity index (χ0n) is 11.7. The van der Waals surface area contributed by atoms with Crippen molar-refractivity contribution in [1.82, 2.24) is 4.98 Å². The Morgan fingerprint density at radius 1 is 1.44 bits per heavy atom. The minimum absolute atomic E-state index is 0.559. The SMILES string of the molecule is CCCC1CCN(c2nc(C)cc(C)c2CCl)C1. The highest BCUT2D eigenvalue weighted by atomic mass is 35.5. The molecule has 0 aromatic carbocycles. The molecule has 18 heavy (non-hydrogen) atoms. The second-order valence-corrected chi connectivity index (χ2v) is 5.67. The van der Waals surface area contributed by atoms with E-state index in [0.717, 1.165) is 30.5 Å². The summed E-state index contributed by atoms with van der Waals surface area (Å²) in [6.45, 7) is 8.74. The molecule has 2 rings (SSSR count). The Bertz CT molecular complexity index is 417. The third-order valence-corrected chi connectivity index (χ3v) is 4.14. The van der Waals surface area contributed by atoms with Crippen LogP contribution in [-0.2, 0) is 5.88 Å². The monoisotopic (exact) mass is 266 g/mol. The molecule has 1 fully saturated rings. The van der Waals surface area contributed by atoms with Gasteiger partial charge >= 0.3 is 0 Å². The molecule has 2 heterocycles. The summed E-state index contributed by atoms with van der Waals surface area (Å²) < 4.78 is 0. The Kier molecular flexibility index (Phi) is 4.50. The van der Waals surface area contributed by atoms with Crippen molar-refractivity contribution in [2.24, 2.45) is 5.92 Å². The van der Waals surface area contributed by atoms with E-state index in [1.54, 1.807) is 0 Å². The number of halogens is 1. The van der Waals surface area contributed by atoms with Gasteiger partial charge in [-0.25, -0.2) is 4.98 Å². The summed E-state index contributed by atoms with van der Waals surface area (Å²) in [6.07, 6.45) is 3.91. The topological polar surface area (TPSA) is 16.1 Å². The van der Waals surface area contributed by atoms with Crippen LogP contribution in [0, 0.1) is 19.8 Å². The molecule has 0 aliphatic carbocycles. The molecule has 0 radical (unpaired) electrons. The van der Waals surface area contributed by atoms with E-state index in [1.807, 2.05) is 0 Å². The molecule has 1 saturated heterocycles. The molecule has 0 N–H and O–H groups in total.